The van der Waals surface area contributed by atoms with Crippen molar-refractivity contribution >= 4 is 27.7 Å². The number of thioether (sulfide) groups is 1. The Labute approximate surface area is 143 Å². The molecule has 0 unspecified atom stereocenters. The quantitative estimate of drug-likeness (QED) is 0.831. The number of aliphatic hydroxyl groups is 1. The molecule has 1 fully saturated rings. The number of aryl methyl sites for hydroxylation is 1. The van der Waals surface area contributed by atoms with Gasteiger partial charge >= 0.3 is 0 Å². The molecular formula is C16H19BrN2O2S. The van der Waals surface area contributed by atoms with Gasteiger partial charge in [0, 0.05) is 29.2 Å². The third-order valence-electron chi connectivity index (χ3n) is 3.83. The van der Waals surface area contributed by atoms with Crippen LogP contribution in [0.4, 0.5) is 0 Å². The Morgan fingerprint density at radius 1 is 1.41 bits per heavy atom. The van der Waals surface area contributed by atoms with Gasteiger partial charge in [0.05, 0.1) is 19.0 Å². The van der Waals surface area contributed by atoms with Crippen molar-refractivity contribution in [3.63, 3.8) is 0 Å². The third-order valence-corrected chi connectivity index (χ3v) is 5.90. The fourth-order valence-electron chi connectivity index (χ4n) is 2.70. The molecule has 22 heavy (non-hydrogen) atoms. The van der Waals surface area contributed by atoms with Crippen molar-refractivity contribution in [3.8, 4) is 0 Å². The fraction of sp³-hybridized carbons (Fsp3) is 0.438. The first kappa shape index (κ1) is 16.1. The van der Waals surface area contributed by atoms with E-state index in [1.165, 1.54) is 5.56 Å². The Hall–Kier alpha value is -0.820. The van der Waals surface area contributed by atoms with Gasteiger partial charge in [-0.25, -0.2) is 4.98 Å². The molecule has 0 aliphatic carbocycles. The van der Waals surface area contributed by atoms with Crippen LogP contribution < -0.4 is 0 Å². The first-order chi connectivity index (χ1) is 10.7. The van der Waals surface area contributed by atoms with Gasteiger partial charge < -0.3 is 14.4 Å². The molecule has 2 heterocycles. The molecule has 1 aliphatic heterocycles. The highest BCUT2D eigenvalue weighted by Crippen LogP contribution is 2.48. The number of ether oxygens (including phenoxy) is 1. The smallest absolute Gasteiger partial charge is 0.139 e. The fourth-order valence-corrected chi connectivity index (χ4v) is 4.39. The van der Waals surface area contributed by atoms with Gasteiger partial charge in [-0.1, -0.05) is 28.1 Å². The lowest BCUT2D eigenvalue weighted by Gasteiger charge is -2.29. The highest BCUT2D eigenvalue weighted by Gasteiger charge is 2.41. The largest absolute Gasteiger partial charge is 0.394 e. The molecule has 1 N–H and O–H groups in total. The van der Waals surface area contributed by atoms with Crippen LogP contribution in [0.5, 0.6) is 0 Å². The minimum Gasteiger partial charge on any atom is -0.394 e. The van der Waals surface area contributed by atoms with Gasteiger partial charge in [-0.2, -0.15) is 0 Å². The molecule has 1 aromatic heterocycles. The molecule has 0 radical (unpaired) electrons. The average molecular weight is 383 g/mol. The van der Waals surface area contributed by atoms with Crippen molar-refractivity contribution in [2.45, 2.75) is 30.4 Å². The van der Waals surface area contributed by atoms with E-state index in [1.807, 2.05) is 24.7 Å². The number of aromatic nitrogens is 2. The van der Waals surface area contributed by atoms with E-state index >= 15 is 0 Å². The second-order valence-corrected chi connectivity index (χ2v) is 7.59. The molecule has 1 aliphatic rings. The SMILES string of the molecule is OC[C@H]1CS[C@](CCCn2ccnc2)(c2ccc(Br)cc2)O1. The summed E-state index contributed by atoms with van der Waals surface area (Å²) in [4.78, 5) is 3.72. The summed E-state index contributed by atoms with van der Waals surface area (Å²) < 4.78 is 9.36. The molecule has 1 saturated heterocycles. The molecular weight excluding hydrogens is 364 g/mol. The van der Waals surface area contributed by atoms with Crippen LogP contribution in [0.1, 0.15) is 18.4 Å². The highest BCUT2D eigenvalue weighted by molar-refractivity contribution is 9.10. The summed E-state index contributed by atoms with van der Waals surface area (Å²) in [5.74, 6) is 0.831. The van der Waals surface area contributed by atoms with Crippen LogP contribution in [-0.2, 0) is 16.2 Å². The first-order valence-corrected chi connectivity index (χ1v) is 9.14. The van der Waals surface area contributed by atoms with Gasteiger partial charge in [0.15, 0.2) is 0 Å². The van der Waals surface area contributed by atoms with Crippen LogP contribution in [0.15, 0.2) is 47.5 Å². The number of halogens is 1. The van der Waals surface area contributed by atoms with Gasteiger partial charge in [-0.3, -0.25) is 0 Å². The van der Waals surface area contributed by atoms with E-state index in [1.54, 1.807) is 18.0 Å². The number of imidazole rings is 1. The second kappa shape index (κ2) is 7.17. The summed E-state index contributed by atoms with van der Waals surface area (Å²) in [5.41, 5.74) is 1.17. The van der Waals surface area contributed by atoms with E-state index in [0.29, 0.717) is 0 Å². The Balaban J connectivity index is 1.73. The van der Waals surface area contributed by atoms with E-state index in [0.717, 1.165) is 29.6 Å². The minimum absolute atomic E-state index is 0.0762. The van der Waals surface area contributed by atoms with E-state index in [4.69, 9.17) is 4.74 Å². The third kappa shape index (κ3) is 3.56. The van der Waals surface area contributed by atoms with Crippen LogP contribution >= 0.6 is 27.7 Å². The zero-order chi connectivity index (χ0) is 15.4. The van der Waals surface area contributed by atoms with Gasteiger partial charge in [-0.15, -0.1) is 11.8 Å². The molecule has 0 amide bonds. The maximum atomic E-state index is 9.41. The van der Waals surface area contributed by atoms with Crippen molar-refractivity contribution in [2.24, 2.45) is 0 Å². The predicted molar refractivity (Wildman–Crippen MR) is 91.7 cm³/mol. The Morgan fingerprint density at radius 2 is 2.23 bits per heavy atom. The standard InChI is InChI=1S/C16H19BrN2O2S/c17-14-4-2-13(3-5-14)16(21-15(10-20)11-22-16)6-1-8-19-9-7-18-12-19/h2-5,7,9,12,15,20H,1,6,8,10-11H2/t15-,16+/m0/s1. The van der Waals surface area contributed by atoms with Crippen molar-refractivity contribution in [2.75, 3.05) is 12.4 Å². The van der Waals surface area contributed by atoms with Crippen molar-refractivity contribution < 1.29 is 9.84 Å². The second-order valence-electron chi connectivity index (χ2n) is 5.40. The molecule has 1 aromatic carbocycles. The molecule has 2 aromatic rings. The Kier molecular flexibility index (Phi) is 5.23. The Bertz CT molecular complexity index is 591. The van der Waals surface area contributed by atoms with Gasteiger partial charge in [0.2, 0.25) is 0 Å². The lowest BCUT2D eigenvalue weighted by atomic mass is 10.0. The zero-order valence-corrected chi connectivity index (χ0v) is 14.6. The van der Waals surface area contributed by atoms with Crippen LogP contribution in [0, 0.1) is 0 Å². The first-order valence-electron chi connectivity index (χ1n) is 7.36. The molecule has 3 rings (SSSR count). The number of benzene rings is 1. The number of rotatable bonds is 6. The van der Waals surface area contributed by atoms with Crippen LogP contribution in [0.2, 0.25) is 0 Å². The maximum absolute atomic E-state index is 9.41. The predicted octanol–water partition coefficient (Wildman–Crippen LogP) is 3.40. The number of hydrogen-bond acceptors (Lipinski definition) is 4. The van der Waals surface area contributed by atoms with E-state index in [2.05, 4.69) is 37.6 Å². The van der Waals surface area contributed by atoms with E-state index in [9.17, 15) is 5.11 Å². The van der Waals surface area contributed by atoms with Crippen molar-refractivity contribution in [1.82, 2.24) is 9.55 Å². The maximum Gasteiger partial charge on any atom is 0.139 e. The molecule has 0 bridgehead atoms. The van der Waals surface area contributed by atoms with Crippen LogP contribution in [-0.4, -0.2) is 33.1 Å². The molecule has 6 heteroatoms. The average Bonchev–Trinajstić information content (AvgIpc) is 3.18. The summed E-state index contributed by atoms with van der Waals surface area (Å²) in [6, 6.07) is 8.30. The van der Waals surface area contributed by atoms with Crippen molar-refractivity contribution in [3.05, 3.63) is 53.0 Å². The monoisotopic (exact) mass is 382 g/mol. The lowest BCUT2D eigenvalue weighted by Crippen LogP contribution is -2.26. The molecule has 118 valence electrons. The van der Waals surface area contributed by atoms with Crippen molar-refractivity contribution in [1.29, 1.82) is 0 Å². The summed E-state index contributed by atoms with van der Waals surface area (Å²) in [6.07, 6.45) is 7.44. The molecule has 0 saturated carbocycles. The van der Waals surface area contributed by atoms with E-state index < -0.39 is 0 Å². The Morgan fingerprint density at radius 3 is 2.86 bits per heavy atom. The molecule has 2 atom stereocenters. The van der Waals surface area contributed by atoms with Crippen LogP contribution in [0.3, 0.4) is 0 Å². The van der Waals surface area contributed by atoms with Gasteiger partial charge in [0.1, 0.15) is 4.93 Å². The van der Waals surface area contributed by atoms with Gasteiger partial charge in [-0.05, 0) is 30.5 Å². The normalized spacial score (nSPS) is 24.7. The minimum atomic E-state index is -0.353. The lowest BCUT2D eigenvalue weighted by molar-refractivity contribution is -0.0399. The number of hydrogen-bond donors (Lipinski definition) is 1. The molecule has 0 spiro atoms. The zero-order valence-electron chi connectivity index (χ0n) is 12.2. The summed E-state index contributed by atoms with van der Waals surface area (Å²) in [5, 5.41) is 9.41. The number of nitrogens with zero attached hydrogens (tertiary/aromatic N) is 2. The van der Waals surface area contributed by atoms with Crippen LogP contribution in [0.25, 0.3) is 0 Å². The van der Waals surface area contributed by atoms with E-state index in [-0.39, 0.29) is 17.6 Å². The highest BCUT2D eigenvalue weighted by atomic mass is 79.9. The number of aliphatic hydroxyl groups excluding tert-OH is 1. The summed E-state index contributed by atoms with van der Waals surface area (Å²) in [7, 11) is 0. The molecule has 4 nitrogen and oxygen atoms in total. The summed E-state index contributed by atoms with van der Waals surface area (Å²) in [6.45, 7) is 0.999. The summed E-state index contributed by atoms with van der Waals surface area (Å²) >= 11 is 5.27. The van der Waals surface area contributed by atoms with Gasteiger partial charge in [0.25, 0.3) is 0 Å². The topological polar surface area (TPSA) is 47.3 Å².